The summed E-state index contributed by atoms with van der Waals surface area (Å²) < 4.78 is 2.02. The zero-order chi connectivity index (χ0) is 15.1. The second-order valence-corrected chi connectivity index (χ2v) is 5.90. The summed E-state index contributed by atoms with van der Waals surface area (Å²) in [5, 5.41) is 1.37. The molecule has 0 spiro atoms. The molecule has 1 aliphatic rings. The maximum absolute atomic E-state index is 6.37. The average molecular weight is 328 g/mol. The highest BCUT2D eigenvalue weighted by atomic mass is 35.5. The van der Waals surface area contributed by atoms with Crippen LogP contribution in [0.2, 0.25) is 10.0 Å². The van der Waals surface area contributed by atoms with Crippen molar-refractivity contribution in [2.45, 2.75) is 6.54 Å². The number of benzene rings is 2. The third kappa shape index (κ3) is 2.14. The molecule has 0 N–H and O–H groups in total. The van der Waals surface area contributed by atoms with Crippen LogP contribution >= 0.6 is 23.2 Å². The number of rotatable bonds is 1. The largest absolute Gasteiger partial charge is 0.301 e. The van der Waals surface area contributed by atoms with Gasteiger partial charge in [-0.25, -0.2) is 4.98 Å². The molecule has 0 radical (unpaired) electrons. The van der Waals surface area contributed by atoms with Crippen molar-refractivity contribution in [1.29, 1.82) is 0 Å². The van der Waals surface area contributed by atoms with Gasteiger partial charge in [-0.3, -0.25) is 4.99 Å². The van der Waals surface area contributed by atoms with Crippen LogP contribution in [0.3, 0.4) is 0 Å². The molecule has 3 aromatic rings. The van der Waals surface area contributed by atoms with E-state index in [1.54, 1.807) is 6.33 Å². The van der Waals surface area contributed by atoms with E-state index in [4.69, 9.17) is 28.2 Å². The molecule has 0 fully saturated rings. The minimum atomic E-state index is 0.548. The van der Waals surface area contributed by atoms with Gasteiger partial charge in [-0.05, 0) is 24.3 Å². The number of nitrogens with zero attached hydrogens (tertiary/aromatic N) is 3. The molecule has 2 heterocycles. The Morgan fingerprint density at radius 1 is 1.00 bits per heavy atom. The van der Waals surface area contributed by atoms with Crippen molar-refractivity contribution in [3.63, 3.8) is 0 Å². The molecular weight excluding hydrogens is 317 g/mol. The molecule has 22 heavy (non-hydrogen) atoms. The van der Waals surface area contributed by atoms with Crippen molar-refractivity contribution >= 4 is 28.9 Å². The summed E-state index contributed by atoms with van der Waals surface area (Å²) in [6.45, 7) is 0.548. The van der Waals surface area contributed by atoms with Gasteiger partial charge in [-0.15, -0.1) is 0 Å². The van der Waals surface area contributed by atoms with Crippen LogP contribution < -0.4 is 0 Å². The van der Waals surface area contributed by atoms with Crippen molar-refractivity contribution in [2.24, 2.45) is 4.99 Å². The molecular formula is C17H11Cl2N3. The number of aliphatic imine (C=N–C) groups is 1. The highest BCUT2D eigenvalue weighted by molar-refractivity contribution is 6.36. The number of imidazole rings is 1. The normalized spacial score (nSPS) is 13.1. The molecule has 1 aliphatic heterocycles. The van der Waals surface area contributed by atoms with Gasteiger partial charge in [0.1, 0.15) is 0 Å². The van der Waals surface area contributed by atoms with Gasteiger partial charge in [0.25, 0.3) is 0 Å². The highest BCUT2D eigenvalue weighted by Gasteiger charge is 2.20. The van der Waals surface area contributed by atoms with Crippen LogP contribution in [0, 0.1) is 0 Å². The lowest BCUT2D eigenvalue weighted by Crippen LogP contribution is -2.07. The van der Waals surface area contributed by atoms with Crippen LogP contribution in [-0.2, 0) is 6.54 Å². The van der Waals surface area contributed by atoms with Crippen molar-refractivity contribution in [1.82, 2.24) is 9.55 Å². The predicted octanol–water partition coefficient (Wildman–Crippen LogP) is 4.53. The fourth-order valence-corrected chi connectivity index (χ4v) is 3.08. The van der Waals surface area contributed by atoms with Crippen molar-refractivity contribution < 1.29 is 0 Å². The summed E-state index contributed by atoms with van der Waals surface area (Å²) >= 11 is 12.6. The van der Waals surface area contributed by atoms with Gasteiger partial charge in [0.15, 0.2) is 0 Å². The second-order valence-electron chi connectivity index (χ2n) is 5.06. The zero-order valence-electron chi connectivity index (χ0n) is 11.5. The molecule has 0 saturated carbocycles. The molecule has 108 valence electrons. The first-order chi connectivity index (χ1) is 10.7. The summed E-state index contributed by atoms with van der Waals surface area (Å²) in [6, 6.07) is 13.5. The van der Waals surface area contributed by atoms with E-state index >= 15 is 0 Å². The molecule has 2 aromatic carbocycles. The number of fused-ring (bicyclic) bond motifs is 3. The van der Waals surface area contributed by atoms with Gasteiger partial charge in [0, 0.05) is 21.2 Å². The molecule has 0 aliphatic carbocycles. The second kappa shape index (κ2) is 5.27. The SMILES string of the molecule is Clc1ccc2c(c1)-n1cncc1CN=C2c1ccccc1Cl. The fraction of sp³-hybridized carbons (Fsp3) is 0.0588. The Morgan fingerprint density at radius 2 is 1.86 bits per heavy atom. The first-order valence-electron chi connectivity index (χ1n) is 6.85. The van der Waals surface area contributed by atoms with Crippen LogP contribution in [0.5, 0.6) is 0 Å². The summed E-state index contributed by atoms with van der Waals surface area (Å²) in [5.41, 5.74) is 4.78. The molecule has 4 rings (SSSR count). The zero-order valence-corrected chi connectivity index (χ0v) is 13.0. The Hall–Kier alpha value is -2.10. The number of aromatic nitrogens is 2. The molecule has 0 bridgehead atoms. The topological polar surface area (TPSA) is 30.2 Å². The molecule has 0 unspecified atom stereocenters. The molecule has 0 amide bonds. The van der Waals surface area contributed by atoms with Crippen molar-refractivity contribution in [3.05, 3.63) is 81.9 Å². The van der Waals surface area contributed by atoms with Crippen LogP contribution in [0.4, 0.5) is 0 Å². The Morgan fingerprint density at radius 3 is 2.73 bits per heavy atom. The van der Waals surface area contributed by atoms with E-state index in [-0.39, 0.29) is 0 Å². The number of halogens is 2. The smallest absolute Gasteiger partial charge is 0.0995 e. The van der Waals surface area contributed by atoms with Crippen LogP contribution in [-0.4, -0.2) is 15.3 Å². The lowest BCUT2D eigenvalue weighted by atomic mass is 10.0. The van der Waals surface area contributed by atoms with Crippen molar-refractivity contribution in [2.75, 3.05) is 0 Å². The fourth-order valence-electron chi connectivity index (χ4n) is 2.69. The summed E-state index contributed by atoms with van der Waals surface area (Å²) in [4.78, 5) is 8.98. The van der Waals surface area contributed by atoms with Gasteiger partial charge in [-0.1, -0.05) is 41.4 Å². The van der Waals surface area contributed by atoms with Gasteiger partial charge in [0.2, 0.25) is 0 Å². The van der Waals surface area contributed by atoms with Gasteiger partial charge in [0.05, 0.1) is 36.2 Å². The van der Waals surface area contributed by atoms with E-state index in [2.05, 4.69) is 4.98 Å². The van der Waals surface area contributed by atoms with Gasteiger partial charge < -0.3 is 4.57 Å². The Labute approximate surface area is 137 Å². The van der Waals surface area contributed by atoms with E-state index < -0.39 is 0 Å². The number of hydrogen-bond donors (Lipinski definition) is 0. The molecule has 3 nitrogen and oxygen atoms in total. The van der Waals surface area contributed by atoms with E-state index in [9.17, 15) is 0 Å². The Kier molecular flexibility index (Phi) is 3.25. The standard InChI is InChI=1S/C17H11Cl2N3/c18-11-5-6-14-16(7-11)22-10-20-8-12(22)9-21-17(14)13-3-1-2-4-15(13)19/h1-8,10H,9H2. The van der Waals surface area contributed by atoms with Crippen LogP contribution in [0.15, 0.2) is 60.0 Å². The van der Waals surface area contributed by atoms with E-state index in [1.165, 1.54) is 0 Å². The summed E-state index contributed by atoms with van der Waals surface area (Å²) in [7, 11) is 0. The lowest BCUT2D eigenvalue weighted by molar-refractivity contribution is 0.924. The van der Waals surface area contributed by atoms with Crippen LogP contribution in [0.25, 0.3) is 5.69 Å². The molecule has 0 atom stereocenters. The monoisotopic (exact) mass is 327 g/mol. The lowest BCUT2D eigenvalue weighted by Gasteiger charge is -2.13. The molecule has 0 saturated heterocycles. The van der Waals surface area contributed by atoms with Crippen molar-refractivity contribution in [3.8, 4) is 5.69 Å². The first kappa shape index (κ1) is 13.6. The van der Waals surface area contributed by atoms with Gasteiger partial charge >= 0.3 is 0 Å². The van der Waals surface area contributed by atoms with E-state index in [1.807, 2.05) is 53.2 Å². The Balaban J connectivity index is 2.00. The third-order valence-corrected chi connectivity index (χ3v) is 4.28. The van der Waals surface area contributed by atoms with E-state index in [0.717, 1.165) is 28.2 Å². The molecule has 5 heteroatoms. The summed E-state index contributed by atoms with van der Waals surface area (Å²) in [5.74, 6) is 0. The quantitative estimate of drug-likeness (QED) is 0.645. The summed E-state index contributed by atoms with van der Waals surface area (Å²) in [6.07, 6.45) is 3.61. The average Bonchev–Trinajstić information content (AvgIpc) is 2.93. The minimum absolute atomic E-state index is 0.548. The Bertz CT molecular complexity index is 896. The maximum atomic E-state index is 6.37. The van der Waals surface area contributed by atoms with Crippen LogP contribution in [0.1, 0.15) is 16.8 Å². The first-order valence-corrected chi connectivity index (χ1v) is 7.60. The predicted molar refractivity (Wildman–Crippen MR) is 89.4 cm³/mol. The highest BCUT2D eigenvalue weighted by Crippen LogP contribution is 2.29. The van der Waals surface area contributed by atoms with E-state index in [0.29, 0.717) is 16.6 Å². The molecule has 1 aromatic heterocycles. The van der Waals surface area contributed by atoms with Gasteiger partial charge in [-0.2, -0.15) is 0 Å². The third-order valence-electron chi connectivity index (χ3n) is 3.72. The number of hydrogen-bond acceptors (Lipinski definition) is 2. The maximum Gasteiger partial charge on any atom is 0.0995 e. The minimum Gasteiger partial charge on any atom is -0.301 e.